The van der Waals surface area contributed by atoms with Crippen LogP contribution in [0.5, 0.6) is 0 Å². The van der Waals surface area contributed by atoms with E-state index in [4.69, 9.17) is 0 Å². The molecule has 5 amide bonds. The minimum Gasteiger partial charge on any atom is -0.357 e. The van der Waals surface area contributed by atoms with Crippen LogP contribution in [0, 0.1) is 17.8 Å². The van der Waals surface area contributed by atoms with E-state index in [0.717, 1.165) is 12.8 Å². The van der Waals surface area contributed by atoms with Crippen LogP contribution in [0.15, 0.2) is 48.6 Å². The topological polar surface area (TPSA) is 116 Å². The van der Waals surface area contributed by atoms with Gasteiger partial charge in [0.1, 0.15) is 12.1 Å². The number of allylic oxidation sites excluding steroid dienone is 4. The molecule has 44 heavy (non-hydrogen) atoms. The van der Waals surface area contributed by atoms with Gasteiger partial charge in [-0.15, -0.1) is 0 Å². The number of imide groups is 1. The van der Waals surface area contributed by atoms with Gasteiger partial charge in [-0.3, -0.25) is 28.9 Å². The highest BCUT2D eigenvalue weighted by Crippen LogP contribution is 2.32. The predicted molar refractivity (Wildman–Crippen MR) is 175 cm³/mol. The van der Waals surface area contributed by atoms with Crippen LogP contribution in [0.25, 0.3) is 0 Å². The summed E-state index contributed by atoms with van der Waals surface area (Å²) in [5.41, 5.74) is 0.855. The summed E-state index contributed by atoms with van der Waals surface area (Å²) in [4.78, 5) is 67.6. The van der Waals surface area contributed by atoms with Crippen LogP contribution in [0.2, 0.25) is 0 Å². The van der Waals surface area contributed by atoms with Crippen LogP contribution < -0.4 is 10.6 Å². The Bertz CT molecular complexity index is 1230. The number of alkyl halides is 1. The van der Waals surface area contributed by atoms with E-state index in [-0.39, 0.29) is 53.8 Å². The number of halogens is 1. The number of hydrogen-bond acceptors (Lipinski definition) is 5. The van der Waals surface area contributed by atoms with E-state index in [9.17, 15) is 24.0 Å². The summed E-state index contributed by atoms with van der Waals surface area (Å²) in [5.74, 6) is -0.935. The van der Waals surface area contributed by atoms with Crippen molar-refractivity contribution in [2.45, 2.75) is 83.1 Å². The van der Waals surface area contributed by atoms with Gasteiger partial charge in [0.25, 0.3) is 11.8 Å². The minimum atomic E-state index is -0.742. The molecule has 0 aromatic heterocycles. The maximum absolute atomic E-state index is 13.9. The molecule has 0 spiro atoms. The number of hydrogen-bond donors (Lipinski definition) is 2. The number of amides is 5. The van der Waals surface area contributed by atoms with Gasteiger partial charge in [0, 0.05) is 20.1 Å². The van der Waals surface area contributed by atoms with E-state index in [1.807, 2.05) is 39.8 Å². The van der Waals surface area contributed by atoms with Crippen LogP contribution in [0.1, 0.15) is 86.9 Å². The van der Waals surface area contributed by atoms with Gasteiger partial charge in [0.05, 0.1) is 16.0 Å². The summed E-state index contributed by atoms with van der Waals surface area (Å²) in [5, 5.41) is 5.70. The SMILES string of the molecule is CC.CNC(=O)C(C(C)C)N1CCC([C@@H]2C=CC=CC2)CC(NC(=O)C(Br)CCCCN2C(=O)c3ccccc3C2=O)C1=O. The second-order valence-electron chi connectivity index (χ2n) is 11.7. The Balaban J connectivity index is 0.00000259. The van der Waals surface area contributed by atoms with Gasteiger partial charge in [-0.05, 0) is 62.0 Å². The molecule has 1 saturated heterocycles. The summed E-state index contributed by atoms with van der Waals surface area (Å²) >= 11 is 3.49. The molecular formula is C34H47BrN4O5. The largest absolute Gasteiger partial charge is 0.357 e. The van der Waals surface area contributed by atoms with Crippen LogP contribution >= 0.6 is 15.9 Å². The molecule has 3 aliphatic rings. The molecule has 2 N–H and O–H groups in total. The second kappa shape index (κ2) is 16.7. The first-order valence-corrected chi connectivity index (χ1v) is 16.8. The fraction of sp³-hybridized carbons (Fsp3) is 0.559. The molecule has 2 aliphatic heterocycles. The lowest BCUT2D eigenvalue weighted by molar-refractivity contribution is -0.144. The van der Waals surface area contributed by atoms with Gasteiger partial charge in [-0.1, -0.05) is 86.5 Å². The number of rotatable bonds is 11. The molecule has 9 nitrogen and oxygen atoms in total. The number of unbranched alkanes of at least 4 members (excludes halogenated alkanes) is 1. The van der Waals surface area contributed by atoms with Crippen LogP contribution in [0.3, 0.4) is 0 Å². The Hall–Kier alpha value is -3.27. The molecular weight excluding hydrogens is 624 g/mol. The maximum atomic E-state index is 13.9. The van der Waals surface area contributed by atoms with Crippen molar-refractivity contribution in [3.63, 3.8) is 0 Å². The summed E-state index contributed by atoms with van der Waals surface area (Å²) in [7, 11) is 1.57. The van der Waals surface area contributed by atoms with Gasteiger partial charge in [0.15, 0.2) is 0 Å². The first-order chi connectivity index (χ1) is 21.1. The molecule has 0 bridgehead atoms. The molecule has 4 unspecified atom stereocenters. The van der Waals surface area contributed by atoms with Crippen LogP contribution in [0.4, 0.5) is 0 Å². The van der Waals surface area contributed by atoms with Crippen molar-refractivity contribution in [3.8, 4) is 0 Å². The normalized spacial score (nSPS) is 22.6. The molecule has 0 saturated carbocycles. The Morgan fingerprint density at radius 3 is 2.23 bits per heavy atom. The zero-order chi connectivity index (χ0) is 32.4. The first kappa shape index (κ1) is 35.2. The standard InChI is InChI=1S/C32H41BrN4O5.C2H6/c1-20(2)27(29(39)34-3)36-18-16-22(21-11-5-4-6-12-21)19-26(32(36)42)35-28(38)25(33)15-9-10-17-37-30(40)23-13-7-8-14-24(23)31(37)41;1-2/h4-8,11,13-14,20-22,25-27H,9-10,12,15-19H2,1-3H3,(H,34,39)(H,35,38);1-2H3/t21-,22?,25?,26?,27?;/m1./s1. The smallest absolute Gasteiger partial charge is 0.261 e. The lowest BCUT2D eigenvalue weighted by Crippen LogP contribution is -2.57. The number of benzene rings is 1. The Morgan fingerprint density at radius 2 is 1.66 bits per heavy atom. The molecule has 1 aromatic rings. The fourth-order valence-corrected chi connectivity index (χ4v) is 6.71. The van der Waals surface area contributed by atoms with Gasteiger partial charge in [0.2, 0.25) is 17.7 Å². The molecule has 240 valence electrons. The van der Waals surface area contributed by atoms with Crippen molar-refractivity contribution in [2.75, 3.05) is 20.1 Å². The van der Waals surface area contributed by atoms with Crippen LogP contribution in [-0.4, -0.2) is 76.4 Å². The number of likely N-dealkylation sites (N-methyl/N-ethyl adjacent to an activating group) is 1. The molecule has 4 rings (SSSR count). The number of fused-ring (bicyclic) bond motifs is 1. The quantitative estimate of drug-likeness (QED) is 0.198. The second-order valence-corrected chi connectivity index (χ2v) is 12.8. The molecule has 10 heteroatoms. The van der Waals surface area contributed by atoms with Gasteiger partial charge in [-0.2, -0.15) is 0 Å². The molecule has 0 radical (unpaired) electrons. The van der Waals surface area contributed by atoms with E-state index >= 15 is 0 Å². The number of likely N-dealkylation sites (tertiary alicyclic amines) is 1. The lowest BCUT2D eigenvalue weighted by atomic mass is 9.81. The van der Waals surface area contributed by atoms with Crippen LogP contribution in [-0.2, 0) is 14.4 Å². The van der Waals surface area contributed by atoms with Crippen molar-refractivity contribution in [1.82, 2.24) is 20.4 Å². The molecule has 1 aromatic carbocycles. The summed E-state index contributed by atoms with van der Waals surface area (Å²) in [6, 6.07) is 5.44. The Labute approximate surface area is 270 Å². The van der Waals surface area contributed by atoms with E-state index in [2.05, 4.69) is 38.7 Å². The molecule has 1 aliphatic carbocycles. The van der Waals surface area contributed by atoms with E-state index in [1.54, 1.807) is 36.2 Å². The molecule has 2 heterocycles. The van der Waals surface area contributed by atoms with Crippen molar-refractivity contribution in [1.29, 1.82) is 0 Å². The van der Waals surface area contributed by atoms with Crippen molar-refractivity contribution in [2.24, 2.45) is 17.8 Å². The first-order valence-electron chi connectivity index (χ1n) is 15.9. The van der Waals surface area contributed by atoms with Crippen molar-refractivity contribution < 1.29 is 24.0 Å². The third kappa shape index (κ3) is 8.25. The zero-order valence-electron chi connectivity index (χ0n) is 26.6. The maximum Gasteiger partial charge on any atom is 0.261 e. The summed E-state index contributed by atoms with van der Waals surface area (Å²) < 4.78 is 0. The number of nitrogens with zero attached hydrogens (tertiary/aromatic N) is 2. The van der Waals surface area contributed by atoms with E-state index in [0.29, 0.717) is 43.4 Å². The molecule has 5 atom stereocenters. The van der Waals surface area contributed by atoms with Crippen molar-refractivity contribution in [3.05, 3.63) is 59.7 Å². The summed E-state index contributed by atoms with van der Waals surface area (Å²) in [6.07, 6.45) is 12.1. The third-order valence-corrected chi connectivity index (χ3v) is 9.40. The monoisotopic (exact) mass is 670 g/mol. The average Bonchev–Trinajstić information content (AvgIpc) is 3.17. The van der Waals surface area contributed by atoms with E-state index in [1.165, 1.54) is 4.90 Å². The van der Waals surface area contributed by atoms with Gasteiger partial charge < -0.3 is 15.5 Å². The highest BCUT2D eigenvalue weighted by molar-refractivity contribution is 9.10. The molecule has 1 fully saturated rings. The third-order valence-electron chi connectivity index (χ3n) is 8.53. The Morgan fingerprint density at radius 1 is 1.00 bits per heavy atom. The number of carbonyl (C=O) groups is 5. The zero-order valence-corrected chi connectivity index (χ0v) is 28.1. The predicted octanol–water partition coefficient (Wildman–Crippen LogP) is 4.87. The Kier molecular flexibility index (Phi) is 13.4. The van der Waals surface area contributed by atoms with Gasteiger partial charge >= 0.3 is 0 Å². The highest BCUT2D eigenvalue weighted by Gasteiger charge is 2.41. The fourth-order valence-electron chi connectivity index (χ4n) is 6.25. The average molecular weight is 672 g/mol. The summed E-state index contributed by atoms with van der Waals surface area (Å²) in [6.45, 7) is 8.59. The minimum absolute atomic E-state index is 0.0922. The number of nitrogens with one attached hydrogen (secondary N) is 2. The highest BCUT2D eigenvalue weighted by atomic mass is 79.9. The van der Waals surface area contributed by atoms with Crippen molar-refractivity contribution >= 4 is 45.5 Å². The van der Waals surface area contributed by atoms with Gasteiger partial charge in [-0.25, -0.2) is 0 Å². The number of carbonyl (C=O) groups excluding carboxylic acids is 5. The lowest BCUT2D eigenvalue weighted by Gasteiger charge is -2.34. The van der Waals surface area contributed by atoms with E-state index < -0.39 is 16.9 Å².